The summed E-state index contributed by atoms with van der Waals surface area (Å²) in [4.78, 5) is 28.5. The van der Waals surface area contributed by atoms with Crippen molar-refractivity contribution >= 4 is 17.6 Å². The Labute approximate surface area is 176 Å². The highest BCUT2D eigenvalue weighted by atomic mass is 19.4. The molecule has 0 aliphatic carbocycles. The molecule has 2 aromatic carbocycles. The molecule has 0 spiro atoms. The van der Waals surface area contributed by atoms with E-state index in [1.165, 1.54) is 18.2 Å². The summed E-state index contributed by atoms with van der Waals surface area (Å²) in [5.74, 6) is -1.08. The molecule has 1 amide bonds. The molecule has 0 radical (unpaired) electrons. The molecule has 3 aromatic rings. The Hall–Kier alpha value is -3.62. The summed E-state index contributed by atoms with van der Waals surface area (Å²) in [6.07, 6.45) is -1.69. The Kier molecular flexibility index (Phi) is 6.74. The molecule has 0 aliphatic rings. The van der Waals surface area contributed by atoms with Crippen molar-refractivity contribution in [1.29, 1.82) is 0 Å². The fourth-order valence-electron chi connectivity index (χ4n) is 2.62. The molecule has 0 saturated carbocycles. The van der Waals surface area contributed by atoms with Crippen LogP contribution < -0.4 is 5.32 Å². The van der Waals surface area contributed by atoms with Crippen LogP contribution in [0.15, 0.2) is 59.2 Å². The van der Waals surface area contributed by atoms with Crippen LogP contribution in [0.1, 0.15) is 46.2 Å². The first-order chi connectivity index (χ1) is 14.8. The van der Waals surface area contributed by atoms with Crippen molar-refractivity contribution in [1.82, 2.24) is 4.98 Å². The number of aromatic nitrogens is 1. The molecule has 1 N–H and O–H groups in total. The maximum atomic E-state index is 12.7. The molecule has 0 aliphatic heterocycles. The number of anilines is 1. The Morgan fingerprint density at radius 2 is 1.87 bits per heavy atom. The van der Waals surface area contributed by atoms with Crippen molar-refractivity contribution in [2.75, 3.05) is 11.9 Å². The quantitative estimate of drug-likeness (QED) is 0.390. The Morgan fingerprint density at radius 3 is 2.55 bits per heavy atom. The number of halogens is 3. The average Bonchev–Trinajstić information content (AvgIpc) is 3.24. The van der Waals surface area contributed by atoms with Crippen molar-refractivity contribution in [3.8, 4) is 11.5 Å². The summed E-state index contributed by atoms with van der Waals surface area (Å²) in [6, 6.07) is 10.5. The number of oxazole rings is 1. The van der Waals surface area contributed by atoms with Gasteiger partial charge in [-0.05, 0) is 48.9 Å². The summed E-state index contributed by atoms with van der Waals surface area (Å²) in [5, 5.41) is 2.60. The summed E-state index contributed by atoms with van der Waals surface area (Å²) < 4.78 is 48.4. The van der Waals surface area contributed by atoms with Gasteiger partial charge >= 0.3 is 12.1 Å². The van der Waals surface area contributed by atoms with Crippen LogP contribution in [0, 0.1) is 0 Å². The van der Waals surface area contributed by atoms with Gasteiger partial charge in [-0.1, -0.05) is 19.4 Å². The van der Waals surface area contributed by atoms with E-state index in [2.05, 4.69) is 10.3 Å². The molecule has 1 aromatic heterocycles. The lowest BCUT2D eigenvalue weighted by molar-refractivity contribution is -0.137. The van der Waals surface area contributed by atoms with Gasteiger partial charge in [-0.2, -0.15) is 13.2 Å². The maximum absolute atomic E-state index is 12.7. The van der Waals surface area contributed by atoms with Crippen LogP contribution in [0.2, 0.25) is 0 Å². The number of unbranched alkanes of at least 4 members (excludes halogenated alkanes) is 1. The van der Waals surface area contributed by atoms with Crippen molar-refractivity contribution in [3.63, 3.8) is 0 Å². The summed E-state index contributed by atoms with van der Waals surface area (Å²) in [6.45, 7) is 2.30. The standard InChI is InChI=1S/C22H19F3N2O4/c1-2-3-11-30-21(29)15-5-4-6-17(12-15)26-19(28)18-13-31-20(27-18)14-7-9-16(10-8-14)22(23,24)25/h4-10,12-13H,2-3,11H2,1H3,(H,26,28). The van der Waals surface area contributed by atoms with Crippen LogP contribution in [-0.2, 0) is 10.9 Å². The van der Waals surface area contributed by atoms with E-state index in [-0.39, 0.29) is 11.6 Å². The van der Waals surface area contributed by atoms with Gasteiger partial charge in [0.15, 0.2) is 5.69 Å². The zero-order valence-electron chi connectivity index (χ0n) is 16.5. The second kappa shape index (κ2) is 9.46. The number of amides is 1. The van der Waals surface area contributed by atoms with Crippen molar-refractivity contribution < 1.29 is 31.9 Å². The molecule has 9 heteroatoms. The summed E-state index contributed by atoms with van der Waals surface area (Å²) in [5.41, 5.74) is 0.0806. The average molecular weight is 432 g/mol. The molecular formula is C22H19F3N2O4. The second-order valence-corrected chi connectivity index (χ2v) is 6.64. The monoisotopic (exact) mass is 432 g/mol. The Morgan fingerprint density at radius 1 is 1.13 bits per heavy atom. The molecule has 0 saturated heterocycles. The molecule has 1 heterocycles. The number of nitrogens with one attached hydrogen (secondary N) is 1. The normalized spacial score (nSPS) is 11.2. The van der Waals surface area contributed by atoms with Crippen LogP contribution in [0.5, 0.6) is 0 Å². The van der Waals surface area contributed by atoms with E-state index in [1.54, 1.807) is 18.2 Å². The van der Waals surface area contributed by atoms with Gasteiger partial charge < -0.3 is 14.5 Å². The largest absolute Gasteiger partial charge is 0.462 e. The predicted molar refractivity (Wildman–Crippen MR) is 107 cm³/mol. The first kappa shape index (κ1) is 22.1. The lowest BCUT2D eigenvalue weighted by Crippen LogP contribution is -2.13. The molecule has 3 rings (SSSR count). The van der Waals surface area contributed by atoms with Crippen LogP contribution in [0.25, 0.3) is 11.5 Å². The van der Waals surface area contributed by atoms with Gasteiger partial charge in [0.1, 0.15) is 6.26 Å². The van der Waals surface area contributed by atoms with E-state index in [9.17, 15) is 22.8 Å². The molecule has 0 fully saturated rings. The number of rotatable bonds is 7. The van der Waals surface area contributed by atoms with Crippen LogP contribution in [0.4, 0.5) is 18.9 Å². The van der Waals surface area contributed by atoms with E-state index in [0.29, 0.717) is 23.4 Å². The summed E-state index contributed by atoms with van der Waals surface area (Å²) in [7, 11) is 0. The van der Waals surface area contributed by atoms with Gasteiger partial charge in [0, 0.05) is 11.3 Å². The minimum Gasteiger partial charge on any atom is -0.462 e. The number of nitrogens with zero attached hydrogens (tertiary/aromatic N) is 1. The number of carbonyl (C=O) groups is 2. The molecule has 6 nitrogen and oxygen atoms in total. The SMILES string of the molecule is CCCCOC(=O)c1cccc(NC(=O)c2coc(-c3ccc(C(F)(F)F)cc3)n2)c1. The molecule has 31 heavy (non-hydrogen) atoms. The topological polar surface area (TPSA) is 81.4 Å². The number of ether oxygens (including phenoxy) is 1. The molecular weight excluding hydrogens is 413 g/mol. The predicted octanol–water partition coefficient (Wildman–Crippen LogP) is 5.57. The van der Waals surface area contributed by atoms with Crippen LogP contribution >= 0.6 is 0 Å². The van der Waals surface area contributed by atoms with Crippen molar-refractivity contribution in [2.45, 2.75) is 25.9 Å². The van der Waals surface area contributed by atoms with Gasteiger partial charge in [0.05, 0.1) is 17.7 Å². The minimum absolute atomic E-state index is 0.00660. The fourth-order valence-corrected chi connectivity index (χ4v) is 2.62. The highest BCUT2D eigenvalue weighted by Crippen LogP contribution is 2.30. The number of esters is 1. The molecule has 0 bridgehead atoms. The van der Waals surface area contributed by atoms with Gasteiger partial charge in [0.25, 0.3) is 5.91 Å². The third-order valence-corrected chi connectivity index (χ3v) is 4.28. The van der Waals surface area contributed by atoms with Gasteiger partial charge in [0.2, 0.25) is 5.89 Å². The van der Waals surface area contributed by atoms with Crippen LogP contribution in [0.3, 0.4) is 0 Å². The Balaban J connectivity index is 1.68. The molecule has 162 valence electrons. The third-order valence-electron chi connectivity index (χ3n) is 4.28. The van der Waals surface area contributed by atoms with E-state index < -0.39 is 23.6 Å². The maximum Gasteiger partial charge on any atom is 0.416 e. The second-order valence-electron chi connectivity index (χ2n) is 6.64. The number of hydrogen-bond donors (Lipinski definition) is 1. The van der Waals surface area contributed by atoms with E-state index >= 15 is 0 Å². The van der Waals surface area contributed by atoms with E-state index in [4.69, 9.17) is 9.15 Å². The lowest BCUT2D eigenvalue weighted by atomic mass is 10.1. The number of hydrogen-bond acceptors (Lipinski definition) is 5. The highest BCUT2D eigenvalue weighted by Gasteiger charge is 2.30. The van der Waals surface area contributed by atoms with Gasteiger partial charge in [-0.25, -0.2) is 9.78 Å². The molecule has 0 atom stereocenters. The third kappa shape index (κ3) is 5.71. The van der Waals surface area contributed by atoms with Crippen molar-refractivity contribution in [3.05, 3.63) is 71.6 Å². The Bertz CT molecular complexity index is 1060. The summed E-state index contributed by atoms with van der Waals surface area (Å²) >= 11 is 0. The smallest absolute Gasteiger partial charge is 0.416 e. The number of benzene rings is 2. The zero-order valence-corrected chi connectivity index (χ0v) is 16.5. The first-order valence-corrected chi connectivity index (χ1v) is 9.49. The van der Waals surface area contributed by atoms with E-state index in [1.807, 2.05) is 6.92 Å². The van der Waals surface area contributed by atoms with Gasteiger partial charge in [-0.3, -0.25) is 4.79 Å². The highest BCUT2D eigenvalue weighted by molar-refractivity contribution is 6.03. The fraction of sp³-hybridized carbons (Fsp3) is 0.227. The van der Waals surface area contributed by atoms with Gasteiger partial charge in [-0.15, -0.1) is 0 Å². The minimum atomic E-state index is -4.45. The van der Waals surface area contributed by atoms with Crippen molar-refractivity contribution in [2.24, 2.45) is 0 Å². The number of alkyl halides is 3. The van der Waals surface area contributed by atoms with E-state index in [0.717, 1.165) is 31.2 Å². The lowest BCUT2D eigenvalue weighted by Gasteiger charge is -2.07. The first-order valence-electron chi connectivity index (χ1n) is 9.49. The molecule has 0 unspecified atom stereocenters. The zero-order chi connectivity index (χ0) is 22.4. The van der Waals surface area contributed by atoms with Crippen LogP contribution in [-0.4, -0.2) is 23.5 Å². The number of carbonyl (C=O) groups excluding carboxylic acids is 2.